The monoisotopic (exact) mass is 150 g/mol. The average Bonchev–Trinajstić information content (AvgIpc) is 1.94. The molecule has 0 radical (unpaired) electrons. The van der Waals surface area contributed by atoms with E-state index in [0.717, 1.165) is 12.1 Å². The summed E-state index contributed by atoms with van der Waals surface area (Å²) in [6.45, 7) is 0. The predicted octanol–water partition coefficient (Wildman–Crippen LogP) is -1.22. The molecule has 54 valence electrons. The summed E-state index contributed by atoms with van der Waals surface area (Å²) in [5, 5.41) is 0. The second kappa shape index (κ2) is 4.37. The minimum Gasteiger partial charge on any atom is -0.519 e. The Balaban J connectivity index is 0.000001000. The molecule has 0 unspecified atom stereocenters. The third-order valence-corrected chi connectivity index (χ3v) is 1.05. The van der Waals surface area contributed by atoms with E-state index in [9.17, 15) is 8.78 Å². The van der Waals surface area contributed by atoms with Crippen LogP contribution in [0.4, 0.5) is 8.78 Å². The van der Waals surface area contributed by atoms with Crippen LogP contribution in [0.3, 0.4) is 0 Å². The van der Waals surface area contributed by atoms with Crippen molar-refractivity contribution in [1.29, 1.82) is 0 Å². The van der Waals surface area contributed by atoms with Crippen molar-refractivity contribution in [1.82, 2.24) is 0 Å². The molecular weight excluding hydrogens is 145 g/mol. The van der Waals surface area contributed by atoms with Crippen molar-refractivity contribution in [3.05, 3.63) is 29.8 Å². The molecule has 0 saturated carbocycles. The molecule has 0 amide bonds. The van der Waals surface area contributed by atoms with Crippen LogP contribution in [-0.2, 0) is 0 Å². The molecule has 1 aromatic carbocycles. The van der Waals surface area contributed by atoms with Crippen molar-refractivity contribution in [3.63, 3.8) is 0 Å². The molecule has 0 spiro atoms. The SMILES string of the molecule is COc1cc(F)[c-]cc1F.[Li+]. The topological polar surface area (TPSA) is 9.23 Å². The van der Waals surface area contributed by atoms with Crippen LogP contribution in [0.2, 0.25) is 0 Å². The van der Waals surface area contributed by atoms with Crippen molar-refractivity contribution < 1.29 is 32.4 Å². The Morgan fingerprint density at radius 2 is 2.09 bits per heavy atom. The van der Waals surface area contributed by atoms with E-state index in [2.05, 4.69) is 10.8 Å². The molecule has 0 aliphatic rings. The van der Waals surface area contributed by atoms with Crippen LogP contribution in [-0.4, -0.2) is 7.11 Å². The molecular formula is C7H5F2LiO. The fourth-order valence-electron chi connectivity index (χ4n) is 0.586. The first-order valence-electron chi connectivity index (χ1n) is 2.65. The molecule has 0 fully saturated rings. The molecule has 1 aromatic rings. The summed E-state index contributed by atoms with van der Waals surface area (Å²) >= 11 is 0. The fraction of sp³-hybridized carbons (Fsp3) is 0.143. The molecule has 0 atom stereocenters. The summed E-state index contributed by atoms with van der Waals surface area (Å²) in [5.74, 6) is -1.33. The Labute approximate surface area is 75.5 Å². The summed E-state index contributed by atoms with van der Waals surface area (Å²) in [5.41, 5.74) is 0. The van der Waals surface area contributed by atoms with E-state index >= 15 is 0 Å². The first-order chi connectivity index (χ1) is 4.74. The van der Waals surface area contributed by atoms with Crippen LogP contribution < -0.4 is 23.6 Å². The molecule has 0 aliphatic heterocycles. The maximum Gasteiger partial charge on any atom is 1.00 e. The van der Waals surface area contributed by atoms with Crippen LogP contribution >= 0.6 is 0 Å². The number of ether oxygens (including phenoxy) is 1. The first kappa shape index (κ1) is 10.5. The third kappa shape index (κ3) is 2.53. The van der Waals surface area contributed by atoms with Crippen molar-refractivity contribution in [2.45, 2.75) is 0 Å². The summed E-state index contributed by atoms with van der Waals surface area (Å²) in [6, 6.07) is 3.89. The zero-order valence-electron chi connectivity index (χ0n) is 6.32. The first-order valence-corrected chi connectivity index (χ1v) is 2.65. The van der Waals surface area contributed by atoms with Gasteiger partial charge in [-0.1, -0.05) is 6.07 Å². The molecule has 0 heterocycles. The van der Waals surface area contributed by atoms with Crippen LogP contribution in [0.1, 0.15) is 0 Å². The molecule has 0 aliphatic carbocycles. The standard InChI is InChI=1S/C7H5F2O.Li/c1-10-7-4-5(8)2-3-6(7)9;/h3-4H,1H3;/q-1;+1. The molecule has 0 saturated heterocycles. The van der Waals surface area contributed by atoms with Gasteiger partial charge in [0.2, 0.25) is 0 Å². The predicted molar refractivity (Wildman–Crippen MR) is 31.7 cm³/mol. The van der Waals surface area contributed by atoms with Gasteiger partial charge in [0.1, 0.15) is 0 Å². The van der Waals surface area contributed by atoms with Gasteiger partial charge in [0, 0.05) is 17.4 Å². The van der Waals surface area contributed by atoms with E-state index in [1.807, 2.05) is 0 Å². The van der Waals surface area contributed by atoms with E-state index in [-0.39, 0.29) is 24.6 Å². The number of halogens is 2. The van der Waals surface area contributed by atoms with E-state index in [4.69, 9.17) is 0 Å². The minimum absolute atomic E-state index is 0. The van der Waals surface area contributed by atoms with E-state index in [0.29, 0.717) is 0 Å². The van der Waals surface area contributed by atoms with Gasteiger partial charge in [-0.2, -0.15) is 0 Å². The molecule has 0 N–H and O–H groups in total. The Morgan fingerprint density at radius 1 is 1.45 bits per heavy atom. The number of benzene rings is 1. The zero-order valence-corrected chi connectivity index (χ0v) is 6.32. The summed E-state index contributed by atoms with van der Waals surface area (Å²) < 4.78 is 29.2. The Kier molecular flexibility index (Phi) is 4.17. The van der Waals surface area contributed by atoms with Gasteiger partial charge in [0.15, 0.2) is 0 Å². The number of hydrogen-bond donors (Lipinski definition) is 0. The molecule has 0 aromatic heterocycles. The summed E-state index contributed by atoms with van der Waals surface area (Å²) in [4.78, 5) is 0. The van der Waals surface area contributed by atoms with E-state index < -0.39 is 11.6 Å². The van der Waals surface area contributed by atoms with Gasteiger partial charge in [-0.25, -0.2) is 4.39 Å². The number of hydrogen-bond acceptors (Lipinski definition) is 1. The van der Waals surface area contributed by atoms with Gasteiger partial charge in [-0.05, 0) is 0 Å². The quantitative estimate of drug-likeness (QED) is 0.360. The molecule has 1 nitrogen and oxygen atoms in total. The van der Waals surface area contributed by atoms with Crippen molar-refractivity contribution in [3.8, 4) is 5.75 Å². The normalized spacial score (nSPS) is 8.64. The van der Waals surface area contributed by atoms with Gasteiger partial charge in [0.25, 0.3) is 0 Å². The van der Waals surface area contributed by atoms with Gasteiger partial charge < -0.3 is 4.74 Å². The molecule has 11 heavy (non-hydrogen) atoms. The van der Waals surface area contributed by atoms with Gasteiger partial charge in [0.05, 0.1) is 7.11 Å². The smallest absolute Gasteiger partial charge is 0.519 e. The largest absolute Gasteiger partial charge is 1.00 e. The van der Waals surface area contributed by atoms with Gasteiger partial charge >= 0.3 is 18.9 Å². The second-order valence-electron chi connectivity index (χ2n) is 1.70. The molecule has 1 rings (SSSR count). The van der Waals surface area contributed by atoms with Crippen LogP contribution in [0.5, 0.6) is 5.75 Å². The summed E-state index contributed by atoms with van der Waals surface area (Å²) in [6.07, 6.45) is 0. The fourth-order valence-corrected chi connectivity index (χ4v) is 0.586. The molecule has 4 heteroatoms. The maximum absolute atomic E-state index is 12.4. The zero-order chi connectivity index (χ0) is 7.56. The maximum atomic E-state index is 12.4. The second-order valence-corrected chi connectivity index (χ2v) is 1.70. The number of rotatable bonds is 1. The number of methoxy groups -OCH3 is 1. The van der Waals surface area contributed by atoms with Gasteiger partial charge in [-0.15, -0.1) is 12.1 Å². The van der Waals surface area contributed by atoms with Crippen molar-refractivity contribution in [2.24, 2.45) is 0 Å². The van der Waals surface area contributed by atoms with Gasteiger partial charge in [-0.3, -0.25) is 4.39 Å². The Morgan fingerprint density at radius 3 is 2.55 bits per heavy atom. The minimum atomic E-state index is -0.627. The third-order valence-electron chi connectivity index (χ3n) is 1.05. The van der Waals surface area contributed by atoms with E-state index in [1.165, 1.54) is 7.11 Å². The Hall–Kier alpha value is -0.523. The van der Waals surface area contributed by atoms with E-state index in [1.54, 1.807) is 0 Å². The van der Waals surface area contributed by atoms with Crippen LogP contribution in [0, 0.1) is 17.7 Å². The van der Waals surface area contributed by atoms with Crippen molar-refractivity contribution >= 4 is 0 Å². The van der Waals surface area contributed by atoms with Crippen molar-refractivity contribution in [2.75, 3.05) is 7.11 Å². The summed E-state index contributed by atoms with van der Waals surface area (Å²) in [7, 11) is 1.28. The van der Waals surface area contributed by atoms with Crippen LogP contribution in [0.15, 0.2) is 12.1 Å². The molecule has 0 bridgehead atoms. The average molecular weight is 150 g/mol. The van der Waals surface area contributed by atoms with Crippen LogP contribution in [0.25, 0.3) is 0 Å². The Bertz CT molecular complexity index is 240.